The number of carbonyl (C=O) groups excluding carboxylic acids is 1. The molecule has 2 N–H and O–H groups in total. The van der Waals surface area contributed by atoms with Crippen LogP contribution in [-0.4, -0.2) is 74.0 Å². The van der Waals surface area contributed by atoms with Gasteiger partial charge >= 0.3 is 0 Å². The minimum Gasteiger partial charge on any atom is -0.355 e. The predicted octanol–water partition coefficient (Wildman–Crippen LogP) is 1.67. The van der Waals surface area contributed by atoms with Gasteiger partial charge in [0.2, 0.25) is 5.91 Å². The van der Waals surface area contributed by atoms with Crippen molar-refractivity contribution >= 4 is 11.9 Å². The first-order valence-electron chi connectivity index (χ1n) is 9.82. The van der Waals surface area contributed by atoms with Gasteiger partial charge in [0.15, 0.2) is 5.96 Å². The smallest absolute Gasteiger partial charge is 0.222 e. The van der Waals surface area contributed by atoms with Crippen LogP contribution in [0.5, 0.6) is 0 Å². The summed E-state index contributed by atoms with van der Waals surface area (Å²) in [7, 11) is 6.22. The summed E-state index contributed by atoms with van der Waals surface area (Å²) in [5.74, 6) is 1.88. The summed E-state index contributed by atoms with van der Waals surface area (Å²) < 4.78 is 0. The van der Waals surface area contributed by atoms with Crippen LogP contribution in [0.4, 0.5) is 0 Å². The van der Waals surface area contributed by atoms with Crippen LogP contribution < -0.4 is 10.6 Å². The first kappa shape index (κ1) is 20.0. The lowest BCUT2D eigenvalue weighted by Crippen LogP contribution is -2.57. The van der Waals surface area contributed by atoms with Crippen LogP contribution in [0.2, 0.25) is 0 Å². The molecule has 0 aromatic carbocycles. The lowest BCUT2D eigenvalue weighted by atomic mass is 9.75. The van der Waals surface area contributed by atoms with Crippen LogP contribution in [0.3, 0.4) is 0 Å². The van der Waals surface area contributed by atoms with E-state index in [0.717, 1.165) is 37.9 Å². The molecule has 2 rings (SSSR count). The zero-order chi connectivity index (χ0) is 18.4. The van der Waals surface area contributed by atoms with Crippen molar-refractivity contribution in [3.05, 3.63) is 0 Å². The van der Waals surface area contributed by atoms with Crippen LogP contribution >= 0.6 is 0 Å². The molecule has 1 aliphatic heterocycles. The number of nitrogens with one attached hydrogen (secondary N) is 2. The summed E-state index contributed by atoms with van der Waals surface area (Å²) >= 11 is 0. The Labute approximate surface area is 153 Å². The molecule has 0 radical (unpaired) electrons. The van der Waals surface area contributed by atoms with Crippen LogP contribution in [0.25, 0.3) is 0 Å². The molecule has 6 heteroatoms. The summed E-state index contributed by atoms with van der Waals surface area (Å²) in [6, 6.07) is 0.294. The number of rotatable bonds is 5. The highest BCUT2D eigenvalue weighted by Gasteiger charge is 2.37. The molecule has 1 heterocycles. The number of amides is 1. The Hall–Kier alpha value is -1.30. The minimum absolute atomic E-state index is 0.204. The quantitative estimate of drug-likeness (QED) is 0.584. The van der Waals surface area contributed by atoms with Crippen molar-refractivity contribution in [1.82, 2.24) is 20.4 Å². The van der Waals surface area contributed by atoms with Crippen LogP contribution in [-0.2, 0) is 4.79 Å². The third-order valence-electron chi connectivity index (χ3n) is 6.01. The molecule has 144 valence electrons. The third kappa shape index (κ3) is 5.09. The van der Waals surface area contributed by atoms with E-state index in [1.807, 2.05) is 18.9 Å². The Kier molecular flexibility index (Phi) is 7.11. The molecule has 0 aromatic heterocycles. The van der Waals surface area contributed by atoms with Gasteiger partial charge in [0.1, 0.15) is 0 Å². The lowest BCUT2D eigenvalue weighted by Gasteiger charge is -2.45. The Morgan fingerprint density at radius 2 is 2.12 bits per heavy atom. The monoisotopic (exact) mass is 351 g/mol. The first-order chi connectivity index (χ1) is 11.9. The number of nitrogens with zero attached hydrogens (tertiary/aromatic N) is 3. The summed E-state index contributed by atoms with van der Waals surface area (Å²) in [5.41, 5.74) is 0.204. The van der Waals surface area contributed by atoms with Crippen molar-refractivity contribution in [1.29, 1.82) is 0 Å². The van der Waals surface area contributed by atoms with Gasteiger partial charge in [0.05, 0.1) is 0 Å². The third-order valence-corrected chi connectivity index (χ3v) is 6.01. The summed E-state index contributed by atoms with van der Waals surface area (Å²) in [5, 5.41) is 7.07. The summed E-state index contributed by atoms with van der Waals surface area (Å²) in [6.45, 7) is 6.83. The molecular formula is C19H37N5O. The maximum absolute atomic E-state index is 11.8. The van der Waals surface area contributed by atoms with Crippen molar-refractivity contribution in [2.24, 2.45) is 10.9 Å². The van der Waals surface area contributed by atoms with Gasteiger partial charge in [-0.1, -0.05) is 26.7 Å². The van der Waals surface area contributed by atoms with E-state index < -0.39 is 0 Å². The largest absolute Gasteiger partial charge is 0.355 e. The topological polar surface area (TPSA) is 60.0 Å². The SMILES string of the molecule is CCC(=O)N1CCC(NC(=NC)NCC2(N(C)C)CCCC(C)C2)C1. The lowest BCUT2D eigenvalue weighted by molar-refractivity contribution is -0.129. The molecule has 3 unspecified atom stereocenters. The van der Waals surface area contributed by atoms with E-state index in [1.54, 1.807) is 0 Å². The van der Waals surface area contributed by atoms with Gasteiger partial charge in [-0.25, -0.2) is 0 Å². The highest BCUT2D eigenvalue weighted by Crippen LogP contribution is 2.35. The molecule has 2 fully saturated rings. The van der Waals surface area contributed by atoms with Gasteiger partial charge < -0.3 is 20.4 Å². The van der Waals surface area contributed by atoms with E-state index >= 15 is 0 Å². The zero-order valence-electron chi connectivity index (χ0n) is 16.8. The molecule has 1 saturated heterocycles. The number of likely N-dealkylation sites (N-methyl/N-ethyl adjacent to an activating group) is 1. The van der Waals surface area contributed by atoms with Crippen molar-refractivity contribution in [2.45, 2.75) is 64.0 Å². The number of carbonyl (C=O) groups is 1. The number of likely N-dealkylation sites (tertiary alicyclic amines) is 1. The Morgan fingerprint density at radius 3 is 2.72 bits per heavy atom. The molecule has 6 nitrogen and oxygen atoms in total. The van der Waals surface area contributed by atoms with Crippen LogP contribution in [0.15, 0.2) is 4.99 Å². The highest BCUT2D eigenvalue weighted by atomic mass is 16.2. The molecule has 1 amide bonds. The van der Waals surface area contributed by atoms with Crippen molar-refractivity contribution in [3.63, 3.8) is 0 Å². The van der Waals surface area contributed by atoms with Crippen molar-refractivity contribution in [2.75, 3.05) is 40.8 Å². The number of guanidine groups is 1. The van der Waals surface area contributed by atoms with E-state index in [2.05, 4.69) is 41.5 Å². The molecule has 25 heavy (non-hydrogen) atoms. The fraction of sp³-hybridized carbons (Fsp3) is 0.895. The van der Waals surface area contributed by atoms with Gasteiger partial charge in [0, 0.05) is 44.7 Å². The average Bonchev–Trinajstić information content (AvgIpc) is 3.06. The number of hydrogen-bond donors (Lipinski definition) is 2. The molecule has 0 aromatic rings. The summed E-state index contributed by atoms with van der Waals surface area (Å²) in [6.07, 6.45) is 6.67. The van der Waals surface area contributed by atoms with Gasteiger partial charge in [-0.15, -0.1) is 0 Å². The molecule has 0 bridgehead atoms. The Morgan fingerprint density at radius 1 is 1.36 bits per heavy atom. The van der Waals surface area contributed by atoms with Gasteiger partial charge in [-0.2, -0.15) is 0 Å². The van der Waals surface area contributed by atoms with Gasteiger partial charge in [-0.05, 0) is 39.3 Å². The fourth-order valence-electron chi connectivity index (χ4n) is 4.32. The van der Waals surface area contributed by atoms with Crippen molar-refractivity contribution < 1.29 is 4.79 Å². The molecule has 1 aliphatic carbocycles. The fourth-order valence-corrected chi connectivity index (χ4v) is 4.32. The van der Waals surface area contributed by atoms with E-state index in [-0.39, 0.29) is 11.4 Å². The number of hydrogen-bond acceptors (Lipinski definition) is 3. The molecule has 0 spiro atoms. The number of aliphatic imine (C=N–C) groups is 1. The molecule has 2 aliphatic rings. The second-order valence-corrected chi connectivity index (χ2v) is 8.07. The Balaban J connectivity index is 1.88. The second kappa shape index (κ2) is 8.88. The standard InChI is InChI=1S/C19H37N5O/c1-6-17(25)24-11-9-16(13-24)22-18(20-3)21-14-19(23(4)5)10-7-8-15(2)12-19/h15-16H,6-14H2,1-5H3,(H2,20,21,22). The molecule has 3 atom stereocenters. The van der Waals surface area contributed by atoms with E-state index in [1.165, 1.54) is 25.7 Å². The molecular weight excluding hydrogens is 314 g/mol. The summed E-state index contributed by atoms with van der Waals surface area (Å²) in [4.78, 5) is 20.6. The van der Waals surface area contributed by atoms with Crippen LogP contribution in [0, 0.1) is 5.92 Å². The van der Waals surface area contributed by atoms with Crippen molar-refractivity contribution in [3.8, 4) is 0 Å². The van der Waals surface area contributed by atoms with E-state index in [0.29, 0.717) is 12.5 Å². The normalized spacial score (nSPS) is 30.6. The second-order valence-electron chi connectivity index (χ2n) is 8.07. The first-order valence-corrected chi connectivity index (χ1v) is 9.82. The minimum atomic E-state index is 0.204. The van der Waals surface area contributed by atoms with Crippen LogP contribution in [0.1, 0.15) is 52.4 Å². The maximum Gasteiger partial charge on any atom is 0.222 e. The predicted molar refractivity (Wildman–Crippen MR) is 104 cm³/mol. The molecule has 1 saturated carbocycles. The van der Waals surface area contributed by atoms with Gasteiger partial charge in [0.25, 0.3) is 0 Å². The van der Waals surface area contributed by atoms with E-state index in [4.69, 9.17) is 0 Å². The van der Waals surface area contributed by atoms with Gasteiger partial charge in [-0.3, -0.25) is 9.79 Å². The maximum atomic E-state index is 11.8. The highest BCUT2D eigenvalue weighted by molar-refractivity contribution is 5.80. The zero-order valence-corrected chi connectivity index (χ0v) is 16.8. The average molecular weight is 352 g/mol. The Bertz CT molecular complexity index is 478. The van der Waals surface area contributed by atoms with E-state index in [9.17, 15) is 4.79 Å².